The zero-order valence-corrected chi connectivity index (χ0v) is 20.3. The monoisotopic (exact) mass is 577 g/mol. The maximum absolute atomic E-state index is 11.0. The van der Waals surface area contributed by atoms with Crippen LogP contribution in [-0.4, -0.2) is 59.8 Å². The standard InChI is InChI=1S/C9H7ClN2O4.C7H6ClNO2.C2H3Cl3O2/c10-7-3-5(12-8(13)4-11-16)1-2-6(7)9(14)15;8-6-3-4(9)1-2-5(6)7(10)11;3-2(4,5)1(6)7/h1-4,16H,(H,12,13)(H,14,15);1-3H,9H2,(H,10,11);1,6-7H/b11-4+;;. The lowest BCUT2D eigenvalue weighted by Crippen LogP contribution is -2.23. The highest BCUT2D eigenvalue weighted by Crippen LogP contribution is 2.28. The fraction of sp³-hybridized carbons (Fsp3) is 0.111. The first-order valence-corrected chi connectivity index (χ1v) is 10.2. The fourth-order valence-corrected chi connectivity index (χ4v) is 2.23. The molecule has 2 rings (SSSR count). The van der Waals surface area contributed by atoms with Gasteiger partial charge < -0.3 is 36.7 Å². The number of aromatic carboxylic acids is 2. The van der Waals surface area contributed by atoms with Gasteiger partial charge in [-0.1, -0.05) is 63.2 Å². The molecule has 0 heterocycles. The number of hydrogen-bond acceptors (Lipinski definition) is 8. The molecule has 186 valence electrons. The molecule has 0 saturated heterocycles. The highest BCUT2D eigenvalue weighted by Gasteiger charge is 2.28. The molecule has 2 aromatic rings. The highest BCUT2D eigenvalue weighted by molar-refractivity contribution is 6.67. The zero-order chi connectivity index (χ0) is 26.6. The average Bonchev–Trinajstić information content (AvgIpc) is 2.67. The third-order valence-electron chi connectivity index (χ3n) is 3.16. The molecular formula is C18H16Cl5N3O8. The summed E-state index contributed by atoms with van der Waals surface area (Å²) in [5.41, 5.74) is 6.12. The van der Waals surface area contributed by atoms with Crippen molar-refractivity contribution in [2.24, 2.45) is 5.16 Å². The summed E-state index contributed by atoms with van der Waals surface area (Å²) in [5, 5.41) is 46.4. The number of rotatable bonds is 4. The number of aliphatic hydroxyl groups is 2. The van der Waals surface area contributed by atoms with Crippen LogP contribution in [-0.2, 0) is 4.79 Å². The molecule has 0 radical (unpaired) electrons. The van der Waals surface area contributed by atoms with E-state index in [2.05, 4.69) is 10.5 Å². The molecule has 34 heavy (non-hydrogen) atoms. The molecule has 0 atom stereocenters. The molecule has 1 amide bonds. The van der Waals surface area contributed by atoms with Gasteiger partial charge in [-0.3, -0.25) is 4.79 Å². The Balaban J connectivity index is 0.000000524. The number of carboxylic acids is 2. The van der Waals surface area contributed by atoms with E-state index in [1.54, 1.807) is 0 Å². The molecule has 0 bridgehead atoms. The number of nitrogens with zero attached hydrogens (tertiary/aromatic N) is 1. The number of halogens is 5. The highest BCUT2D eigenvalue weighted by atomic mass is 35.6. The minimum absolute atomic E-state index is 0.00578. The van der Waals surface area contributed by atoms with Gasteiger partial charge in [-0.25, -0.2) is 9.59 Å². The van der Waals surface area contributed by atoms with Gasteiger partial charge in [-0.05, 0) is 36.4 Å². The number of aliphatic hydroxyl groups excluding tert-OH is 1. The Labute approximate surface area is 216 Å². The summed E-state index contributed by atoms with van der Waals surface area (Å²) in [7, 11) is 0. The SMILES string of the molecule is Nc1ccc(C(=O)O)c(Cl)c1.O=C(/C=N/O)Nc1ccc(C(=O)O)c(Cl)c1.OC(O)C(Cl)(Cl)Cl. The molecule has 2 aromatic carbocycles. The van der Waals surface area contributed by atoms with E-state index in [-0.39, 0.29) is 21.2 Å². The van der Waals surface area contributed by atoms with Crippen LogP contribution in [0.25, 0.3) is 0 Å². The predicted octanol–water partition coefficient (Wildman–Crippen LogP) is 3.72. The Bertz CT molecular complexity index is 1040. The van der Waals surface area contributed by atoms with Gasteiger partial charge in [0.25, 0.3) is 5.91 Å². The minimum atomic E-state index is -1.97. The topological polar surface area (TPSA) is 203 Å². The number of carbonyl (C=O) groups excluding carboxylic acids is 1. The number of carbonyl (C=O) groups is 3. The van der Waals surface area contributed by atoms with Crippen molar-refractivity contribution >= 4 is 93.4 Å². The summed E-state index contributed by atoms with van der Waals surface area (Å²) >= 11 is 25.9. The summed E-state index contributed by atoms with van der Waals surface area (Å²) < 4.78 is -1.97. The molecule has 0 aromatic heterocycles. The summed E-state index contributed by atoms with van der Waals surface area (Å²) in [4.78, 5) is 32.0. The fourth-order valence-electron chi connectivity index (χ4n) is 1.70. The zero-order valence-electron chi connectivity index (χ0n) is 16.5. The first-order valence-electron chi connectivity index (χ1n) is 8.32. The van der Waals surface area contributed by atoms with Gasteiger partial charge in [-0.15, -0.1) is 0 Å². The number of hydrogen-bond donors (Lipinski definition) is 7. The molecular weight excluding hydrogens is 563 g/mol. The minimum Gasteiger partial charge on any atom is -0.478 e. The third kappa shape index (κ3) is 12.1. The number of nitrogens with two attached hydrogens (primary N) is 1. The molecule has 0 aliphatic rings. The van der Waals surface area contributed by atoms with Crippen molar-refractivity contribution in [3.05, 3.63) is 57.6 Å². The molecule has 0 spiro atoms. The number of oxime groups is 1. The van der Waals surface area contributed by atoms with Crippen molar-refractivity contribution in [3.8, 4) is 0 Å². The second-order valence-electron chi connectivity index (χ2n) is 5.69. The number of alkyl halides is 3. The third-order valence-corrected chi connectivity index (χ3v) is 4.37. The smallest absolute Gasteiger partial charge is 0.337 e. The van der Waals surface area contributed by atoms with Crippen molar-refractivity contribution in [3.63, 3.8) is 0 Å². The van der Waals surface area contributed by atoms with Gasteiger partial charge in [0, 0.05) is 11.4 Å². The van der Waals surface area contributed by atoms with E-state index in [1.165, 1.54) is 36.4 Å². The molecule has 11 nitrogen and oxygen atoms in total. The van der Waals surface area contributed by atoms with Crippen molar-refractivity contribution in [1.82, 2.24) is 0 Å². The summed E-state index contributed by atoms with van der Waals surface area (Å²) in [6.45, 7) is 0. The number of anilines is 2. The van der Waals surface area contributed by atoms with Crippen LogP contribution in [0.5, 0.6) is 0 Å². The van der Waals surface area contributed by atoms with Crippen LogP contribution >= 0.6 is 58.0 Å². The van der Waals surface area contributed by atoms with Crippen molar-refractivity contribution in [2.75, 3.05) is 11.1 Å². The molecule has 8 N–H and O–H groups in total. The largest absolute Gasteiger partial charge is 0.478 e. The van der Waals surface area contributed by atoms with Crippen LogP contribution in [0.2, 0.25) is 10.0 Å². The number of nitrogens with one attached hydrogen (secondary N) is 1. The number of benzene rings is 2. The van der Waals surface area contributed by atoms with E-state index < -0.39 is 27.9 Å². The predicted molar refractivity (Wildman–Crippen MR) is 129 cm³/mol. The first kappa shape index (κ1) is 31.5. The lowest BCUT2D eigenvalue weighted by atomic mass is 10.2. The van der Waals surface area contributed by atoms with E-state index in [4.69, 9.17) is 89.4 Å². The Morgan fingerprint density at radius 1 is 0.941 bits per heavy atom. The second kappa shape index (κ2) is 14.7. The van der Waals surface area contributed by atoms with E-state index in [1.807, 2.05) is 0 Å². The van der Waals surface area contributed by atoms with Gasteiger partial charge in [-0.2, -0.15) is 0 Å². The summed E-state index contributed by atoms with van der Waals surface area (Å²) in [6, 6.07) is 8.20. The van der Waals surface area contributed by atoms with Crippen molar-refractivity contribution < 1.29 is 40.0 Å². The van der Waals surface area contributed by atoms with Gasteiger partial charge in [0.05, 0.1) is 21.2 Å². The van der Waals surface area contributed by atoms with Crippen LogP contribution in [0.3, 0.4) is 0 Å². The van der Waals surface area contributed by atoms with Gasteiger partial charge >= 0.3 is 11.9 Å². The second-order valence-corrected chi connectivity index (χ2v) is 8.88. The molecule has 0 aliphatic carbocycles. The number of carboxylic acid groups (broad SMARTS) is 2. The molecule has 0 unspecified atom stereocenters. The van der Waals surface area contributed by atoms with E-state index in [0.29, 0.717) is 17.6 Å². The van der Waals surface area contributed by atoms with Crippen LogP contribution in [0.1, 0.15) is 20.7 Å². The van der Waals surface area contributed by atoms with E-state index >= 15 is 0 Å². The van der Waals surface area contributed by atoms with Gasteiger partial charge in [0.1, 0.15) is 6.21 Å². The van der Waals surface area contributed by atoms with Crippen molar-refractivity contribution in [1.29, 1.82) is 0 Å². The Morgan fingerprint density at radius 2 is 1.38 bits per heavy atom. The Hall–Kier alpha value is -2.51. The average molecular weight is 580 g/mol. The lowest BCUT2D eigenvalue weighted by Gasteiger charge is -2.10. The number of amides is 1. The maximum atomic E-state index is 11.0. The number of nitrogen functional groups attached to an aromatic ring is 1. The van der Waals surface area contributed by atoms with Crippen molar-refractivity contribution in [2.45, 2.75) is 10.1 Å². The summed E-state index contributed by atoms with van der Waals surface area (Å²) in [6.07, 6.45) is -1.24. The molecule has 0 aliphatic heterocycles. The van der Waals surface area contributed by atoms with Crippen LogP contribution in [0, 0.1) is 0 Å². The van der Waals surface area contributed by atoms with E-state index in [9.17, 15) is 14.4 Å². The van der Waals surface area contributed by atoms with Crippen LogP contribution in [0.15, 0.2) is 41.6 Å². The van der Waals surface area contributed by atoms with E-state index in [0.717, 1.165) is 0 Å². The molecule has 0 fully saturated rings. The van der Waals surface area contributed by atoms with Gasteiger partial charge in [0.15, 0.2) is 6.29 Å². The first-order chi connectivity index (χ1) is 15.6. The lowest BCUT2D eigenvalue weighted by molar-refractivity contribution is -0.110. The quantitative estimate of drug-likeness (QED) is 0.0703. The molecule has 0 saturated carbocycles. The Morgan fingerprint density at radius 3 is 1.74 bits per heavy atom. The maximum Gasteiger partial charge on any atom is 0.337 e. The normalized spacial score (nSPS) is 10.6. The van der Waals surface area contributed by atoms with Gasteiger partial charge in [0.2, 0.25) is 3.79 Å². The van der Waals surface area contributed by atoms with Crippen LogP contribution < -0.4 is 11.1 Å². The van der Waals surface area contributed by atoms with Crippen LogP contribution in [0.4, 0.5) is 11.4 Å². The molecule has 16 heteroatoms. The Kier molecular flexibility index (Phi) is 13.6. The summed E-state index contributed by atoms with van der Waals surface area (Å²) in [5.74, 6) is -2.85.